The van der Waals surface area contributed by atoms with E-state index in [9.17, 15) is 9.18 Å². The first-order valence-electron chi connectivity index (χ1n) is 9.60. The van der Waals surface area contributed by atoms with E-state index < -0.39 is 0 Å². The highest BCUT2D eigenvalue weighted by atomic mass is 19.1. The molecule has 1 N–H and O–H groups in total. The van der Waals surface area contributed by atoms with Crippen LogP contribution in [0.4, 0.5) is 4.39 Å². The third-order valence-electron chi connectivity index (χ3n) is 5.56. The average molecular weight is 364 g/mol. The molecule has 0 bridgehead atoms. The van der Waals surface area contributed by atoms with E-state index in [0.29, 0.717) is 31.7 Å². The summed E-state index contributed by atoms with van der Waals surface area (Å²) in [7, 11) is 0. The second kappa shape index (κ2) is 8.82. The second-order valence-corrected chi connectivity index (χ2v) is 7.57. The van der Waals surface area contributed by atoms with E-state index in [1.807, 2.05) is 4.90 Å². The Kier molecular flexibility index (Phi) is 6.48. The lowest BCUT2D eigenvalue weighted by Gasteiger charge is -2.48. The lowest BCUT2D eigenvalue weighted by atomic mass is 9.73. The van der Waals surface area contributed by atoms with Gasteiger partial charge in [0.15, 0.2) is 0 Å². The molecule has 1 spiro atoms. The smallest absolute Gasteiger partial charge is 0.222 e. The topological polar surface area (TPSA) is 53.0 Å². The summed E-state index contributed by atoms with van der Waals surface area (Å²) in [6.07, 6.45) is 4.52. The highest BCUT2D eigenvalue weighted by molar-refractivity contribution is 5.77. The maximum atomic E-state index is 12.9. The Morgan fingerprint density at radius 2 is 1.96 bits per heavy atom. The van der Waals surface area contributed by atoms with Gasteiger partial charge in [0.1, 0.15) is 18.2 Å². The van der Waals surface area contributed by atoms with Crippen molar-refractivity contribution in [2.45, 2.75) is 32.1 Å². The summed E-state index contributed by atoms with van der Waals surface area (Å²) in [6, 6.07) is 6.12. The molecular formula is C20H29FN2O3. The lowest BCUT2D eigenvalue weighted by molar-refractivity contribution is -0.139. The van der Waals surface area contributed by atoms with Crippen LogP contribution in [-0.2, 0) is 4.79 Å². The third-order valence-corrected chi connectivity index (χ3v) is 5.56. The van der Waals surface area contributed by atoms with Gasteiger partial charge >= 0.3 is 0 Å². The van der Waals surface area contributed by atoms with Crippen molar-refractivity contribution in [3.05, 3.63) is 30.1 Å². The molecule has 1 atom stereocenters. The third kappa shape index (κ3) is 4.95. The first kappa shape index (κ1) is 19.1. The van der Waals surface area contributed by atoms with Gasteiger partial charge in [0.2, 0.25) is 5.91 Å². The maximum absolute atomic E-state index is 12.9. The van der Waals surface area contributed by atoms with Crippen LogP contribution < -0.4 is 4.74 Å². The Labute approximate surface area is 154 Å². The van der Waals surface area contributed by atoms with Crippen molar-refractivity contribution in [2.75, 3.05) is 45.9 Å². The number of carbonyl (C=O) groups is 1. The molecule has 1 aromatic rings. The predicted molar refractivity (Wildman–Crippen MR) is 97.5 cm³/mol. The number of aliphatic hydroxyl groups is 1. The monoisotopic (exact) mass is 364 g/mol. The molecule has 0 aromatic heterocycles. The van der Waals surface area contributed by atoms with E-state index in [-0.39, 0.29) is 23.7 Å². The van der Waals surface area contributed by atoms with E-state index in [1.54, 1.807) is 12.1 Å². The number of aliphatic hydroxyl groups excluding tert-OH is 1. The minimum absolute atomic E-state index is 0.129. The Hall–Kier alpha value is -1.66. The molecule has 5 nitrogen and oxygen atoms in total. The Morgan fingerprint density at radius 3 is 2.73 bits per heavy atom. The zero-order valence-corrected chi connectivity index (χ0v) is 15.3. The lowest BCUT2D eigenvalue weighted by Crippen LogP contribution is -2.54. The highest BCUT2D eigenvalue weighted by Gasteiger charge is 2.41. The van der Waals surface area contributed by atoms with Crippen LogP contribution in [0.2, 0.25) is 0 Å². The molecule has 144 valence electrons. The number of halogens is 1. The highest BCUT2D eigenvalue weighted by Crippen LogP contribution is 2.38. The number of piperidine rings is 2. The summed E-state index contributed by atoms with van der Waals surface area (Å²) in [5.41, 5.74) is 0.178. The molecule has 0 aliphatic carbocycles. The predicted octanol–water partition coefficient (Wildman–Crippen LogP) is 2.29. The summed E-state index contributed by atoms with van der Waals surface area (Å²) in [5.74, 6) is 0.658. The van der Waals surface area contributed by atoms with Crippen molar-refractivity contribution in [2.24, 2.45) is 5.41 Å². The van der Waals surface area contributed by atoms with Gasteiger partial charge in [-0.2, -0.15) is 0 Å². The molecule has 1 unspecified atom stereocenters. The van der Waals surface area contributed by atoms with Crippen molar-refractivity contribution >= 4 is 5.91 Å². The number of hydrogen-bond donors (Lipinski definition) is 1. The first-order valence-corrected chi connectivity index (χ1v) is 9.60. The molecule has 26 heavy (non-hydrogen) atoms. The summed E-state index contributed by atoms with van der Waals surface area (Å²) >= 11 is 0. The fourth-order valence-corrected chi connectivity index (χ4v) is 4.23. The van der Waals surface area contributed by atoms with Gasteiger partial charge in [-0.25, -0.2) is 4.39 Å². The normalized spacial score (nSPS) is 24.2. The SMILES string of the molecule is O=C1CCC2(CCCN(CCOc3ccc(F)cc3)C2)CN1CCCO. The molecule has 1 amide bonds. The van der Waals surface area contributed by atoms with Gasteiger partial charge in [0.25, 0.3) is 0 Å². The Balaban J connectivity index is 1.50. The fourth-order valence-electron chi connectivity index (χ4n) is 4.23. The maximum Gasteiger partial charge on any atom is 0.222 e. The van der Waals surface area contributed by atoms with Crippen LogP contribution in [0.5, 0.6) is 5.75 Å². The van der Waals surface area contributed by atoms with Crippen molar-refractivity contribution in [1.29, 1.82) is 0 Å². The molecule has 1 aromatic carbocycles. The van der Waals surface area contributed by atoms with E-state index in [1.165, 1.54) is 12.1 Å². The van der Waals surface area contributed by atoms with Crippen LogP contribution in [0, 0.1) is 11.2 Å². The standard InChI is InChI=1S/C20H29FN2O3/c21-17-3-5-18(6-4-17)26-14-12-22-10-1-8-20(15-22)9-7-19(25)23(16-20)11-2-13-24/h3-6,24H,1-2,7-16H2. The van der Waals surface area contributed by atoms with Crippen molar-refractivity contribution in [3.63, 3.8) is 0 Å². The van der Waals surface area contributed by atoms with Gasteiger partial charge in [0.05, 0.1) is 0 Å². The molecule has 0 radical (unpaired) electrons. The van der Waals surface area contributed by atoms with Gasteiger partial charge in [-0.05, 0) is 56.5 Å². The number of ether oxygens (including phenoxy) is 1. The Bertz CT molecular complexity index is 595. The van der Waals surface area contributed by atoms with E-state index in [0.717, 1.165) is 45.4 Å². The number of hydrogen-bond acceptors (Lipinski definition) is 4. The number of amides is 1. The van der Waals surface area contributed by atoms with E-state index >= 15 is 0 Å². The van der Waals surface area contributed by atoms with Gasteiger partial charge < -0.3 is 14.7 Å². The summed E-state index contributed by atoms with van der Waals surface area (Å²) in [4.78, 5) is 16.5. The van der Waals surface area contributed by atoms with Crippen LogP contribution in [0.1, 0.15) is 32.1 Å². The molecule has 2 heterocycles. The number of nitrogens with zero attached hydrogens (tertiary/aromatic N) is 2. The van der Waals surface area contributed by atoms with Gasteiger partial charge in [0, 0.05) is 44.6 Å². The quantitative estimate of drug-likeness (QED) is 0.807. The Morgan fingerprint density at radius 1 is 1.15 bits per heavy atom. The molecule has 2 aliphatic rings. The zero-order chi connectivity index (χ0) is 18.4. The summed E-state index contributed by atoms with van der Waals surface area (Å²) in [6.45, 7) is 5.05. The van der Waals surface area contributed by atoms with Crippen LogP contribution in [0.3, 0.4) is 0 Å². The van der Waals surface area contributed by atoms with Gasteiger partial charge in [-0.15, -0.1) is 0 Å². The zero-order valence-electron chi connectivity index (χ0n) is 15.3. The van der Waals surface area contributed by atoms with Gasteiger partial charge in [-0.3, -0.25) is 9.69 Å². The van der Waals surface area contributed by atoms with Crippen molar-refractivity contribution < 1.29 is 19.0 Å². The summed E-state index contributed by atoms with van der Waals surface area (Å²) in [5, 5.41) is 9.05. The van der Waals surface area contributed by atoms with Crippen molar-refractivity contribution in [1.82, 2.24) is 9.80 Å². The van der Waals surface area contributed by atoms with Crippen LogP contribution in [0.25, 0.3) is 0 Å². The van der Waals surface area contributed by atoms with Crippen molar-refractivity contribution in [3.8, 4) is 5.75 Å². The molecule has 2 saturated heterocycles. The number of likely N-dealkylation sites (tertiary alicyclic amines) is 2. The molecule has 3 rings (SSSR count). The van der Waals surface area contributed by atoms with Crippen LogP contribution >= 0.6 is 0 Å². The molecule has 2 aliphatic heterocycles. The summed E-state index contributed by atoms with van der Waals surface area (Å²) < 4.78 is 18.7. The molecule has 6 heteroatoms. The van der Waals surface area contributed by atoms with Crippen LogP contribution in [-0.4, -0.2) is 66.8 Å². The van der Waals surface area contributed by atoms with Gasteiger partial charge in [-0.1, -0.05) is 0 Å². The second-order valence-electron chi connectivity index (χ2n) is 7.57. The number of benzene rings is 1. The molecule has 0 saturated carbocycles. The van der Waals surface area contributed by atoms with Crippen LogP contribution in [0.15, 0.2) is 24.3 Å². The van der Waals surface area contributed by atoms with E-state index in [4.69, 9.17) is 9.84 Å². The molecule has 2 fully saturated rings. The largest absolute Gasteiger partial charge is 0.492 e. The average Bonchev–Trinajstić information content (AvgIpc) is 2.65. The fraction of sp³-hybridized carbons (Fsp3) is 0.650. The molecular weight excluding hydrogens is 335 g/mol. The minimum Gasteiger partial charge on any atom is -0.492 e. The number of carbonyl (C=O) groups excluding carboxylic acids is 1. The first-order chi connectivity index (χ1) is 12.6. The van der Waals surface area contributed by atoms with E-state index in [2.05, 4.69) is 4.90 Å². The number of rotatable bonds is 7. The minimum atomic E-state index is -0.257.